The number of nitrogens with one attached hydrogen (secondary N) is 2. The van der Waals surface area contributed by atoms with Crippen LogP contribution in [0, 0.1) is 0 Å². The summed E-state index contributed by atoms with van der Waals surface area (Å²) >= 11 is 2.78. The Hall–Kier alpha value is -1.58. The van der Waals surface area contributed by atoms with Crippen LogP contribution in [0.3, 0.4) is 0 Å². The quantitative estimate of drug-likeness (QED) is 0.533. The number of hydrogen-bond donors (Lipinski definition) is 2. The lowest BCUT2D eigenvalue weighted by molar-refractivity contribution is -0.119. The minimum Gasteiger partial charge on any atom is -0.467 e. The van der Waals surface area contributed by atoms with E-state index in [1.165, 1.54) is 23.1 Å². The molecule has 0 aliphatic heterocycles. The molecule has 7 nitrogen and oxygen atoms in total. The van der Waals surface area contributed by atoms with Crippen molar-refractivity contribution in [2.45, 2.75) is 17.3 Å². The topological polar surface area (TPSA) is 89.3 Å². The molecule has 0 bridgehead atoms. The van der Waals surface area contributed by atoms with Gasteiger partial charge in [-0.3, -0.25) is 4.79 Å². The number of hydrogen-bond acceptors (Lipinski definition) is 8. The molecule has 0 aliphatic rings. The summed E-state index contributed by atoms with van der Waals surface area (Å²) < 4.78 is 10.9. The van der Waals surface area contributed by atoms with Gasteiger partial charge in [-0.25, -0.2) is 0 Å². The van der Waals surface area contributed by atoms with E-state index >= 15 is 0 Å². The summed E-state index contributed by atoms with van der Waals surface area (Å²) in [7, 11) is 1.64. The molecule has 2 heterocycles. The molecule has 2 aromatic heterocycles. The number of ether oxygens (including phenoxy) is 1. The highest BCUT2D eigenvalue weighted by Gasteiger charge is 2.13. The van der Waals surface area contributed by atoms with E-state index in [0.29, 0.717) is 13.2 Å². The number of carbonyl (C=O) groups is 1. The van der Waals surface area contributed by atoms with E-state index < -0.39 is 0 Å². The molecule has 0 fully saturated rings. The number of thioether (sulfide) groups is 1. The smallest absolute Gasteiger partial charge is 0.231 e. The normalized spacial score (nSPS) is 12.1. The maximum atomic E-state index is 11.9. The van der Waals surface area contributed by atoms with E-state index in [4.69, 9.17) is 9.15 Å². The Balaban J connectivity index is 1.72. The lowest BCUT2D eigenvalue weighted by Gasteiger charge is -2.10. The number of anilines is 1. The molecule has 120 valence electrons. The molecule has 0 saturated carbocycles. The lowest BCUT2D eigenvalue weighted by Crippen LogP contribution is -2.27. The van der Waals surface area contributed by atoms with Crippen molar-refractivity contribution in [3.8, 4) is 0 Å². The molecule has 2 N–H and O–H groups in total. The van der Waals surface area contributed by atoms with Crippen LogP contribution >= 0.6 is 23.1 Å². The van der Waals surface area contributed by atoms with Gasteiger partial charge >= 0.3 is 0 Å². The van der Waals surface area contributed by atoms with Crippen LogP contribution in [0.15, 0.2) is 27.2 Å². The highest BCUT2D eigenvalue weighted by Crippen LogP contribution is 2.25. The number of methoxy groups -OCH3 is 1. The third-order valence-corrected chi connectivity index (χ3v) is 4.68. The first-order valence-electron chi connectivity index (χ1n) is 6.71. The molecule has 2 rings (SSSR count). The summed E-state index contributed by atoms with van der Waals surface area (Å²) in [5.74, 6) is 0.953. The molecule has 0 aromatic carbocycles. The van der Waals surface area contributed by atoms with E-state index in [-0.39, 0.29) is 17.7 Å². The predicted octanol–water partition coefficient (Wildman–Crippen LogP) is 2.16. The Morgan fingerprint density at radius 3 is 3.14 bits per heavy atom. The van der Waals surface area contributed by atoms with Crippen molar-refractivity contribution < 1.29 is 13.9 Å². The van der Waals surface area contributed by atoms with E-state index in [2.05, 4.69) is 20.8 Å². The van der Waals surface area contributed by atoms with Crippen molar-refractivity contribution >= 4 is 34.1 Å². The third-order valence-electron chi connectivity index (χ3n) is 2.66. The standard InChI is InChI=1S/C13H18N4O3S2/c1-9(10-4-3-6-20-10)15-11(18)8-21-13-17-16-12(22-13)14-5-7-19-2/h3-4,6,9H,5,7-8H2,1-2H3,(H,14,16)(H,15,18). The van der Waals surface area contributed by atoms with Gasteiger partial charge in [0.15, 0.2) is 4.34 Å². The van der Waals surface area contributed by atoms with Crippen molar-refractivity contribution in [1.82, 2.24) is 15.5 Å². The summed E-state index contributed by atoms with van der Waals surface area (Å²) in [6.07, 6.45) is 1.59. The Morgan fingerprint density at radius 1 is 1.55 bits per heavy atom. The predicted molar refractivity (Wildman–Crippen MR) is 86.3 cm³/mol. The van der Waals surface area contributed by atoms with Crippen LogP contribution in [0.25, 0.3) is 0 Å². The van der Waals surface area contributed by atoms with Gasteiger partial charge in [0.1, 0.15) is 5.76 Å². The molecular weight excluding hydrogens is 324 g/mol. The molecule has 1 atom stereocenters. The van der Waals surface area contributed by atoms with Crippen molar-refractivity contribution in [3.05, 3.63) is 24.2 Å². The van der Waals surface area contributed by atoms with Crippen LogP contribution in [0.5, 0.6) is 0 Å². The monoisotopic (exact) mass is 342 g/mol. The summed E-state index contributed by atoms with van der Waals surface area (Å²) in [5.41, 5.74) is 0. The van der Waals surface area contributed by atoms with Gasteiger partial charge in [-0.15, -0.1) is 10.2 Å². The average Bonchev–Trinajstić information content (AvgIpc) is 3.17. The summed E-state index contributed by atoms with van der Waals surface area (Å²) in [6.45, 7) is 3.16. The maximum Gasteiger partial charge on any atom is 0.231 e. The SMILES string of the molecule is COCCNc1nnc(SCC(=O)NC(C)c2ccco2)s1. The maximum absolute atomic E-state index is 11.9. The molecule has 0 aliphatic carbocycles. The zero-order valence-corrected chi connectivity index (χ0v) is 14.0. The zero-order valence-electron chi connectivity index (χ0n) is 12.4. The summed E-state index contributed by atoms with van der Waals surface area (Å²) in [6, 6.07) is 3.48. The summed E-state index contributed by atoms with van der Waals surface area (Å²) in [4.78, 5) is 11.9. The third kappa shape index (κ3) is 5.32. The fraction of sp³-hybridized carbons (Fsp3) is 0.462. The van der Waals surface area contributed by atoms with Gasteiger partial charge < -0.3 is 19.8 Å². The first-order chi connectivity index (χ1) is 10.7. The number of amides is 1. The van der Waals surface area contributed by atoms with Crippen LogP contribution in [0.4, 0.5) is 5.13 Å². The largest absolute Gasteiger partial charge is 0.467 e. The number of aromatic nitrogens is 2. The van der Waals surface area contributed by atoms with Crippen LogP contribution in [-0.2, 0) is 9.53 Å². The fourth-order valence-corrected chi connectivity index (χ4v) is 3.21. The van der Waals surface area contributed by atoms with Crippen molar-refractivity contribution in [2.24, 2.45) is 0 Å². The molecule has 0 radical (unpaired) electrons. The second-order valence-corrected chi connectivity index (χ2v) is 6.59. The van der Waals surface area contributed by atoms with Crippen LogP contribution in [0.2, 0.25) is 0 Å². The first kappa shape index (κ1) is 16.8. The number of furan rings is 1. The van der Waals surface area contributed by atoms with Crippen molar-refractivity contribution in [3.63, 3.8) is 0 Å². The molecule has 22 heavy (non-hydrogen) atoms. The van der Waals surface area contributed by atoms with E-state index in [9.17, 15) is 4.79 Å². The Kier molecular flexibility index (Phi) is 6.69. The van der Waals surface area contributed by atoms with Crippen molar-refractivity contribution in [1.29, 1.82) is 0 Å². The highest BCUT2D eigenvalue weighted by atomic mass is 32.2. The Morgan fingerprint density at radius 2 is 2.41 bits per heavy atom. The summed E-state index contributed by atoms with van der Waals surface area (Å²) in [5, 5.41) is 14.7. The number of carbonyl (C=O) groups excluding carboxylic acids is 1. The van der Waals surface area contributed by atoms with E-state index in [0.717, 1.165) is 15.2 Å². The van der Waals surface area contributed by atoms with Gasteiger partial charge in [0.2, 0.25) is 11.0 Å². The molecular formula is C13H18N4O3S2. The molecule has 0 saturated heterocycles. The van der Waals surface area contributed by atoms with E-state index in [1.54, 1.807) is 19.4 Å². The molecule has 1 unspecified atom stereocenters. The van der Waals surface area contributed by atoms with Gasteiger partial charge in [-0.1, -0.05) is 23.1 Å². The van der Waals surface area contributed by atoms with Crippen LogP contribution in [-0.4, -0.2) is 42.1 Å². The van der Waals surface area contributed by atoms with Crippen molar-refractivity contribution in [2.75, 3.05) is 31.3 Å². The number of rotatable bonds is 9. The van der Waals surface area contributed by atoms with Gasteiger partial charge in [-0.05, 0) is 19.1 Å². The van der Waals surface area contributed by atoms with Gasteiger partial charge in [0, 0.05) is 13.7 Å². The van der Waals surface area contributed by atoms with Gasteiger partial charge in [-0.2, -0.15) is 0 Å². The lowest BCUT2D eigenvalue weighted by atomic mass is 10.2. The first-order valence-corrected chi connectivity index (χ1v) is 8.51. The zero-order chi connectivity index (χ0) is 15.8. The molecule has 9 heteroatoms. The molecule has 2 aromatic rings. The number of nitrogens with zero attached hydrogens (tertiary/aromatic N) is 2. The molecule has 1 amide bonds. The van der Waals surface area contributed by atoms with E-state index in [1.807, 2.05) is 13.0 Å². The van der Waals surface area contributed by atoms with Gasteiger partial charge in [0.25, 0.3) is 0 Å². The minimum atomic E-state index is -0.149. The van der Waals surface area contributed by atoms with Crippen LogP contribution < -0.4 is 10.6 Å². The highest BCUT2D eigenvalue weighted by molar-refractivity contribution is 8.01. The van der Waals surface area contributed by atoms with Gasteiger partial charge in [0.05, 0.1) is 24.7 Å². The van der Waals surface area contributed by atoms with Crippen LogP contribution in [0.1, 0.15) is 18.7 Å². The Labute approximate surface area is 136 Å². The second-order valence-electron chi connectivity index (χ2n) is 4.39. The Bertz CT molecular complexity index is 574. The average molecular weight is 342 g/mol. The minimum absolute atomic E-state index is 0.0713. The fourth-order valence-electron chi connectivity index (χ4n) is 1.62. The molecule has 0 spiro atoms. The second kappa shape index (κ2) is 8.76.